The summed E-state index contributed by atoms with van der Waals surface area (Å²) in [6.07, 6.45) is 3.14. The molecule has 23 atom stereocenters. The van der Waals surface area contributed by atoms with Crippen molar-refractivity contribution in [1.82, 2.24) is 91.4 Å². The van der Waals surface area contributed by atoms with Gasteiger partial charge in [0.15, 0.2) is 24.5 Å². The Balaban J connectivity index is 0.000000144. The molecule has 7 aliphatic heterocycles. The average molecular weight is 1880 g/mol. The Kier molecular flexibility index (Phi) is 33.7. The number of nitrogens with one attached hydrogen (secondary N) is 15. The predicted octanol–water partition coefficient (Wildman–Crippen LogP) is 1.33. The highest BCUT2D eigenvalue weighted by atomic mass is 19.3. The number of ether oxygens (including phenoxy) is 8. The molecular weight excluding hydrogens is 1770 g/mol. The number of aliphatic hydroxyl groups is 10. The van der Waals surface area contributed by atoms with Gasteiger partial charge in [-0.1, -0.05) is 32.9 Å². The van der Waals surface area contributed by atoms with E-state index in [9.17, 15) is 87.2 Å². The van der Waals surface area contributed by atoms with E-state index >= 15 is 0 Å². The molecule has 2 aromatic carbocycles. The molecule has 0 bridgehead atoms. The molecule has 7 aliphatic rings. The van der Waals surface area contributed by atoms with Crippen LogP contribution in [0.1, 0.15) is 99.4 Å². The van der Waals surface area contributed by atoms with Gasteiger partial charge < -0.3 is 170 Å². The smallest absolute Gasteiger partial charge is 0.407 e. The van der Waals surface area contributed by atoms with Crippen LogP contribution < -0.4 is 64.2 Å². The molecule has 0 saturated carbocycles. The van der Waals surface area contributed by atoms with Crippen LogP contribution in [0.15, 0.2) is 129 Å². The van der Waals surface area contributed by atoms with E-state index in [1.807, 2.05) is 26.8 Å². The first kappa shape index (κ1) is 101. The topological polar surface area (TPSA) is 667 Å². The lowest BCUT2D eigenvalue weighted by molar-refractivity contribution is -0.149. The number of rotatable bonds is 19. The Bertz CT molecular complexity index is 5630. The van der Waals surface area contributed by atoms with Gasteiger partial charge in [0.2, 0.25) is 0 Å². The second-order valence-corrected chi connectivity index (χ2v) is 32.3. The van der Waals surface area contributed by atoms with Gasteiger partial charge in [0.1, 0.15) is 92.6 Å². The molecule has 45 nitrogen and oxygen atoms in total. The Hall–Kier alpha value is -11.4. The molecule has 6 unspecified atom stereocenters. The van der Waals surface area contributed by atoms with Gasteiger partial charge in [0.05, 0.1) is 138 Å². The average Bonchev–Trinajstić information content (AvgIpc) is 1.64. The molecule has 0 spiro atoms. The van der Waals surface area contributed by atoms with Gasteiger partial charge in [-0.15, -0.1) is 0 Å². The molecule has 7 fully saturated rings. The first-order chi connectivity index (χ1) is 63.7. The minimum atomic E-state index is -3.21. The van der Waals surface area contributed by atoms with Crippen molar-refractivity contribution in [2.45, 2.75) is 194 Å². The molecule has 9 aromatic heterocycles. The van der Waals surface area contributed by atoms with E-state index in [1.165, 1.54) is 74.0 Å². The Labute approximate surface area is 752 Å². The number of amides is 3. The van der Waals surface area contributed by atoms with Crippen LogP contribution in [0.3, 0.4) is 0 Å². The normalized spacial score (nSPS) is 28.8. The van der Waals surface area contributed by atoms with E-state index in [4.69, 9.17) is 38.3 Å². The van der Waals surface area contributed by atoms with E-state index in [1.54, 1.807) is 67.4 Å². The standard InChI is InChI=1S/C23H24N4O6.C12H16N4O4.3C12H16N4O3.C7H12F2O3.C6H10F2O3/c1-30-20-10-17(5-6-19(20)21-12-24-14-32-21)27-22(28)26-16-4-2-3-15(9-16)11-25-23(29)33-18-7-8-31-13-18;1-20-11-8(16-6(3-17)10(11)18)5-2-13-9-7(5)14-4-15-12(9)19;1-5-8(16-7(3-17)11(5)18)6-2-13-10-9(6)14-4-15-12(10)19;1-5-7(3-17)16-9(11(5)18)6-2-13-10-8(6)14-4-15-12(10)19;1-2-6-10(17)11(18)8(16-6)5-3-13-9-7(5)14-4-15-12(9)19;1-4-7(8,9)6(10)5(12-4)3-11-2;1-3-6(7,8)4(9)5(10-2)11-3/h2-6,9-10,12,14,18H,7-8,11,13H2,1H3,(H,25,29)(H2,26,27,28);2,4,6,8,10-11,13,16-18H,3H2,1H3,(H,14,15,19);2,4-5,7-8,11,13,16-18H,3H2,1H3,(H,14,15,19);2,4-5,7,9,11,13,16-18H,3H2,1H3,(H,14,15,19);3-4,6,8,10-11,13,16-18H,2H2,1H3,(H,14,15,19);4-6,10H,3H2,1-2H3;3-5,9H,1-2H3/t18-;6-,8+,10-,11+;5-,7+,8+,11-;5-,7-,9+,11-;6-,8+,10-,11+;;/m01011../s1. The van der Waals surface area contributed by atoms with Crippen molar-refractivity contribution >= 4 is 67.6 Å². The van der Waals surface area contributed by atoms with E-state index in [-0.39, 0.29) is 109 Å². The third-order valence-electron chi connectivity index (χ3n) is 24.1. The molecule has 18 rings (SSSR count). The summed E-state index contributed by atoms with van der Waals surface area (Å²) in [6, 6.07) is 9.53. The summed E-state index contributed by atoms with van der Waals surface area (Å²) in [4.78, 5) is 113. The van der Waals surface area contributed by atoms with Crippen LogP contribution in [0.5, 0.6) is 5.75 Å². The minimum absolute atomic E-state index is 0.0128. The second kappa shape index (κ2) is 44.6. The first-order valence-corrected chi connectivity index (χ1v) is 42.4. The number of hydrogen-bond donors (Lipinski definition) is 25. The maximum absolute atomic E-state index is 12.9. The molecule has 0 aliphatic carbocycles. The number of carbonyl (C=O) groups excluding carboxylic acids is 2. The predicted molar refractivity (Wildman–Crippen MR) is 466 cm³/mol. The molecule has 11 aromatic rings. The number of H-pyrrole nitrogens is 8. The van der Waals surface area contributed by atoms with Crippen LogP contribution in [0, 0.1) is 11.8 Å². The maximum Gasteiger partial charge on any atom is 0.407 e. The number of nitrogens with zero attached hydrogens (tertiary/aromatic N) is 5. The molecule has 16 heterocycles. The van der Waals surface area contributed by atoms with Crippen molar-refractivity contribution in [1.29, 1.82) is 0 Å². The van der Waals surface area contributed by atoms with Crippen molar-refractivity contribution in [3.05, 3.63) is 174 Å². The van der Waals surface area contributed by atoms with Crippen LogP contribution >= 0.6 is 0 Å². The fourth-order valence-electron chi connectivity index (χ4n) is 16.5. The SMILES string of the molecule is CC[C@H]1N[C@@H](c2c[nH]c3c(=O)[nH]cnc23)[C@H](O)[C@@H]1O.COC1OC(C)C(F)(F)C1O.COCC1OC(C)C(F)(F)C1O.CO[C@@H]1[C@H](O)[C@@H](CO)N[C@H]1c1c[nH]c2c(=O)[nH]cnc12.COc1cc(NC(=O)Nc2cccc(CNC(=O)O[C@H]3CCOC3)c2)ccc1-c1cnco1.C[C@@H]1[C@H](O)[C@@H](CO)N[C@H]1c1c[nH]c2c(=O)[nH]cnc12.C[C@H]1[C@@H](O)[C@H](c2c[nH]c3c(=O)[nH]cnc23)N[C@@H]1CO. The molecular formula is C84H110F4N20O25. The number of carbonyl (C=O) groups is 2. The number of alkyl halides is 4. The lowest BCUT2D eigenvalue weighted by Gasteiger charge is -2.19. The highest BCUT2D eigenvalue weighted by Crippen LogP contribution is 2.41. The van der Waals surface area contributed by atoms with E-state index in [2.05, 4.69) is 116 Å². The number of aromatic amines is 8. The minimum Gasteiger partial charge on any atom is -0.496 e. The number of alkyl carbamates (subject to hydrolysis) is 1. The van der Waals surface area contributed by atoms with Gasteiger partial charge in [-0.05, 0) is 50.1 Å². The number of aliphatic hydroxyl groups excluding tert-OH is 10. The zero-order valence-electron chi connectivity index (χ0n) is 73.3. The summed E-state index contributed by atoms with van der Waals surface area (Å²) >= 11 is 0. The summed E-state index contributed by atoms with van der Waals surface area (Å²) in [5, 5.41) is 117. The number of aromatic nitrogens is 13. The second-order valence-electron chi connectivity index (χ2n) is 32.3. The summed E-state index contributed by atoms with van der Waals surface area (Å²) in [6.45, 7) is 9.08. The van der Waals surface area contributed by atoms with Crippen molar-refractivity contribution in [2.24, 2.45) is 11.8 Å². The van der Waals surface area contributed by atoms with Crippen LogP contribution in [0.2, 0.25) is 0 Å². The van der Waals surface area contributed by atoms with Crippen LogP contribution in [-0.2, 0) is 39.7 Å². The van der Waals surface area contributed by atoms with E-state index in [0.717, 1.165) is 27.8 Å². The quantitative estimate of drug-likeness (QED) is 0.0508. The molecule has 133 heavy (non-hydrogen) atoms. The zero-order chi connectivity index (χ0) is 96.0. The molecule has 49 heteroatoms. The van der Waals surface area contributed by atoms with Crippen molar-refractivity contribution in [3.63, 3.8) is 0 Å². The number of urea groups is 1. The highest BCUT2D eigenvalue weighted by Gasteiger charge is 2.58. The van der Waals surface area contributed by atoms with Gasteiger partial charge >= 0.3 is 24.0 Å². The number of benzene rings is 2. The van der Waals surface area contributed by atoms with Crippen molar-refractivity contribution in [3.8, 4) is 17.1 Å². The Morgan fingerprint density at radius 1 is 0.549 bits per heavy atom. The van der Waals surface area contributed by atoms with Gasteiger partial charge in [-0.2, -0.15) is 0 Å². The molecule has 7 saturated heterocycles. The van der Waals surface area contributed by atoms with Gasteiger partial charge in [0.25, 0.3) is 22.2 Å². The van der Waals surface area contributed by atoms with Gasteiger partial charge in [-0.3, -0.25) is 19.2 Å². The number of halogens is 4. The summed E-state index contributed by atoms with van der Waals surface area (Å²) < 4.78 is 96.2. The molecule has 0 radical (unpaired) electrons. The van der Waals surface area contributed by atoms with Crippen molar-refractivity contribution < 1.29 is 121 Å². The van der Waals surface area contributed by atoms with E-state index in [0.29, 0.717) is 98.6 Å². The number of fused-ring (bicyclic) bond motifs is 4. The largest absolute Gasteiger partial charge is 0.496 e. The van der Waals surface area contributed by atoms with Gasteiger partial charge in [0, 0.05) is 129 Å². The number of oxazole rings is 1. The highest BCUT2D eigenvalue weighted by molar-refractivity contribution is 6.00. The third-order valence-corrected chi connectivity index (χ3v) is 24.1. The van der Waals surface area contributed by atoms with Crippen LogP contribution in [-0.4, -0.2) is 312 Å². The lowest BCUT2D eigenvalue weighted by atomic mass is 9.94. The fraction of sp³-hybridized carbons (Fsp3) is 0.512. The van der Waals surface area contributed by atoms with Gasteiger partial charge in [-0.25, -0.2) is 52.1 Å². The summed E-state index contributed by atoms with van der Waals surface area (Å²) in [5.74, 6) is -5.41. The van der Waals surface area contributed by atoms with Crippen LogP contribution in [0.4, 0.5) is 38.5 Å². The lowest BCUT2D eigenvalue weighted by Crippen LogP contribution is -2.39. The maximum atomic E-state index is 12.9. The monoisotopic (exact) mass is 1870 g/mol. The number of anilines is 2. The van der Waals surface area contributed by atoms with E-state index < -0.39 is 109 Å². The fourth-order valence-corrected chi connectivity index (χ4v) is 16.5. The zero-order valence-corrected chi connectivity index (χ0v) is 73.3. The summed E-state index contributed by atoms with van der Waals surface area (Å²) in [7, 11) is 5.62. The Morgan fingerprint density at radius 2 is 1.05 bits per heavy atom. The Morgan fingerprint density at radius 3 is 1.48 bits per heavy atom. The number of hydrogen-bond acceptors (Lipinski definition) is 34. The number of methoxy groups -OCH3 is 4. The molecule has 724 valence electrons. The van der Waals surface area contributed by atoms with Crippen molar-refractivity contribution in [2.75, 3.05) is 78.7 Å². The van der Waals surface area contributed by atoms with Crippen LogP contribution in [0.25, 0.3) is 55.5 Å². The third kappa shape index (κ3) is 22.3. The first-order valence-electron chi connectivity index (χ1n) is 42.4. The molecule has 3 amide bonds. The summed E-state index contributed by atoms with van der Waals surface area (Å²) in [5.41, 5.74) is 8.46. The molecule has 25 N–H and O–H groups in total.